The van der Waals surface area contributed by atoms with Crippen LogP contribution in [0.5, 0.6) is 11.5 Å². The number of nitrogens with one attached hydrogen (secondary N) is 1. The number of rotatable bonds is 7. The number of amides is 2. The number of halogens is 2. The van der Waals surface area contributed by atoms with Gasteiger partial charge in [0.05, 0.1) is 26.0 Å². The smallest absolute Gasteiger partial charge is 0.262 e. The van der Waals surface area contributed by atoms with Crippen LogP contribution in [-0.4, -0.2) is 47.2 Å². The molecule has 200 valence electrons. The molecule has 8 nitrogen and oxygen atoms in total. The van der Waals surface area contributed by atoms with E-state index >= 15 is 0 Å². The molecule has 0 unspecified atom stereocenters. The Hall–Kier alpha value is -4.25. The number of benzene rings is 3. The van der Waals surface area contributed by atoms with E-state index in [0.717, 1.165) is 52.2 Å². The summed E-state index contributed by atoms with van der Waals surface area (Å²) in [4.78, 5) is 29.6. The summed E-state index contributed by atoms with van der Waals surface area (Å²) in [6, 6.07) is 18.0. The largest absolute Gasteiger partial charge is 0.497 e. The van der Waals surface area contributed by atoms with Gasteiger partial charge in [-0.1, -0.05) is 23.9 Å². The van der Waals surface area contributed by atoms with Crippen molar-refractivity contribution in [1.82, 2.24) is 5.01 Å². The molecule has 2 amide bonds. The van der Waals surface area contributed by atoms with Crippen molar-refractivity contribution in [1.29, 1.82) is 0 Å². The second kappa shape index (κ2) is 11.2. The molecule has 39 heavy (non-hydrogen) atoms. The van der Waals surface area contributed by atoms with Gasteiger partial charge in [0.25, 0.3) is 5.91 Å². The molecule has 0 saturated heterocycles. The Morgan fingerprint density at radius 2 is 1.67 bits per heavy atom. The van der Waals surface area contributed by atoms with Crippen LogP contribution in [0.2, 0.25) is 0 Å². The molecule has 2 aliphatic heterocycles. The molecule has 2 atom stereocenters. The zero-order valence-electron chi connectivity index (χ0n) is 21.1. The predicted octanol–water partition coefficient (Wildman–Crippen LogP) is 5.16. The number of hydrogen-bond donors (Lipinski definition) is 1. The van der Waals surface area contributed by atoms with Crippen LogP contribution in [0.15, 0.2) is 76.8 Å². The van der Waals surface area contributed by atoms with Gasteiger partial charge in [0.15, 0.2) is 16.8 Å². The Morgan fingerprint density at radius 3 is 2.31 bits per heavy atom. The van der Waals surface area contributed by atoms with Crippen LogP contribution in [0.4, 0.5) is 14.5 Å². The Kier molecular flexibility index (Phi) is 7.60. The summed E-state index contributed by atoms with van der Waals surface area (Å²) in [7, 11) is 3.20. The van der Waals surface area contributed by atoms with Crippen LogP contribution in [0, 0.1) is 11.6 Å². The molecule has 5 rings (SSSR count). The molecule has 0 aromatic heterocycles. The van der Waals surface area contributed by atoms with Gasteiger partial charge in [-0.05, 0) is 59.7 Å². The van der Waals surface area contributed by atoms with Gasteiger partial charge in [-0.25, -0.2) is 13.8 Å². The molecule has 0 bridgehead atoms. The van der Waals surface area contributed by atoms with E-state index in [1.54, 1.807) is 19.2 Å². The molecule has 0 spiro atoms. The number of aliphatic imine (C=N–C) groups is 1. The lowest BCUT2D eigenvalue weighted by atomic mass is 9.98. The van der Waals surface area contributed by atoms with Crippen molar-refractivity contribution in [2.45, 2.75) is 24.1 Å². The fraction of sp³-hybridized carbons (Fsp3) is 0.214. The average Bonchev–Trinajstić information content (AvgIpc) is 3.54. The number of anilines is 1. The van der Waals surface area contributed by atoms with E-state index in [0.29, 0.717) is 11.6 Å². The van der Waals surface area contributed by atoms with Crippen LogP contribution in [-0.2, 0) is 9.59 Å². The lowest BCUT2D eigenvalue weighted by Crippen LogP contribution is -2.25. The monoisotopic (exact) mass is 550 g/mol. The number of hydrogen-bond acceptors (Lipinski definition) is 7. The standard InChI is InChI=1S/C28H24F2N4O4S/c1-37-19-8-3-16(4-9-19)23-14-24(17-5-10-20(38-2)11-6-17)34(33-23)28-32-27(36)25(39-28)15-26(35)31-18-7-12-21(29)22(30)13-18/h3-13,24-25H,14-15H2,1-2H3,(H,31,35)/t24-,25-/m0/s1. The van der Waals surface area contributed by atoms with Gasteiger partial charge in [-0.3, -0.25) is 9.59 Å². The maximum atomic E-state index is 13.5. The van der Waals surface area contributed by atoms with E-state index in [-0.39, 0.29) is 18.2 Å². The molecule has 11 heteroatoms. The van der Waals surface area contributed by atoms with Crippen molar-refractivity contribution in [2.75, 3.05) is 19.5 Å². The van der Waals surface area contributed by atoms with Gasteiger partial charge in [0.1, 0.15) is 16.7 Å². The average molecular weight is 551 g/mol. The minimum absolute atomic E-state index is 0.100. The van der Waals surface area contributed by atoms with Crippen LogP contribution in [0.25, 0.3) is 0 Å². The summed E-state index contributed by atoms with van der Waals surface area (Å²) < 4.78 is 37.2. The number of ether oxygens (including phenoxy) is 2. The van der Waals surface area contributed by atoms with E-state index in [2.05, 4.69) is 10.3 Å². The van der Waals surface area contributed by atoms with Crippen LogP contribution < -0.4 is 14.8 Å². The number of hydrazone groups is 1. The molecule has 0 radical (unpaired) electrons. The molecule has 0 fully saturated rings. The highest BCUT2D eigenvalue weighted by Crippen LogP contribution is 2.39. The summed E-state index contributed by atoms with van der Waals surface area (Å²) in [6.07, 6.45) is 0.374. The van der Waals surface area contributed by atoms with Crippen LogP contribution in [0.3, 0.4) is 0 Å². The summed E-state index contributed by atoms with van der Waals surface area (Å²) in [5, 5.41) is 8.65. The summed E-state index contributed by atoms with van der Waals surface area (Å²) in [6.45, 7) is 0. The molecule has 0 saturated carbocycles. The van der Waals surface area contributed by atoms with Crippen molar-refractivity contribution >= 4 is 40.1 Å². The number of methoxy groups -OCH3 is 2. The van der Waals surface area contributed by atoms with E-state index in [1.807, 2.05) is 48.5 Å². The summed E-state index contributed by atoms with van der Waals surface area (Å²) in [5.74, 6) is -1.62. The van der Waals surface area contributed by atoms with Crippen molar-refractivity contribution < 1.29 is 27.8 Å². The quantitative estimate of drug-likeness (QED) is 0.437. The van der Waals surface area contributed by atoms with Gasteiger partial charge in [-0.15, -0.1) is 0 Å². The maximum absolute atomic E-state index is 13.5. The first-order chi connectivity index (χ1) is 18.8. The lowest BCUT2D eigenvalue weighted by Gasteiger charge is -2.23. The van der Waals surface area contributed by atoms with Gasteiger partial charge in [0.2, 0.25) is 5.91 Å². The Balaban J connectivity index is 1.35. The third-order valence-corrected chi connectivity index (χ3v) is 7.48. The number of amidine groups is 1. The van der Waals surface area contributed by atoms with Gasteiger partial charge in [-0.2, -0.15) is 10.1 Å². The van der Waals surface area contributed by atoms with Crippen LogP contribution >= 0.6 is 11.8 Å². The van der Waals surface area contributed by atoms with E-state index in [1.165, 1.54) is 6.07 Å². The van der Waals surface area contributed by atoms with Crippen molar-refractivity contribution in [2.24, 2.45) is 10.1 Å². The highest BCUT2D eigenvalue weighted by molar-refractivity contribution is 8.15. The highest BCUT2D eigenvalue weighted by Gasteiger charge is 2.39. The Labute approximate surface area is 227 Å². The zero-order chi connectivity index (χ0) is 27.5. The molecule has 2 aliphatic rings. The third kappa shape index (κ3) is 5.78. The minimum atomic E-state index is -1.08. The van der Waals surface area contributed by atoms with Crippen molar-refractivity contribution in [3.05, 3.63) is 89.5 Å². The van der Waals surface area contributed by atoms with Crippen molar-refractivity contribution in [3.8, 4) is 11.5 Å². The topological polar surface area (TPSA) is 92.6 Å². The van der Waals surface area contributed by atoms with E-state index < -0.39 is 28.7 Å². The molecule has 0 aliphatic carbocycles. The number of nitrogens with zero attached hydrogens (tertiary/aromatic N) is 3. The molecular weight excluding hydrogens is 526 g/mol. The number of carbonyl (C=O) groups is 2. The first-order valence-corrected chi connectivity index (χ1v) is 12.9. The SMILES string of the molecule is COc1ccc(C2=NN(C3=NC(=O)[C@H](CC(=O)Nc4ccc(F)c(F)c4)S3)[C@H](c3ccc(OC)cc3)C2)cc1. The molecule has 3 aromatic rings. The predicted molar refractivity (Wildman–Crippen MR) is 145 cm³/mol. The van der Waals surface area contributed by atoms with E-state index in [9.17, 15) is 18.4 Å². The first-order valence-electron chi connectivity index (χ1n) is 12.0. The van der Waals surface area contributed by atoms with Crippen LogP contribution in [0.1, 0.15) is 30.0 Å². The summed E-state index contributed by atoms with van der Waals surface area (Å²) in [5.41, 5.74) is 2.78. The highest BCUT2D eigenvalue weighted by atomic mass is 32.2. The first kappa shape index (κ1) is 26.4. The lowest BCUT2D eigenvalue weighted by molar-refractivity contribution is -0.121. The normalized spacial score (nSPS) is 18.6. The second-order valence-electron chi connectivity index (χ2n) is 8.83. The molecular formula is C28H24F2N4O4S. The Bertz CT molecular complexity index is 1460. The van der Waals surface area contributed by atoms with Gasteiger partial charge in [0, 0.05) is 24.6 Å². The molecule has 3 aromatic carbocycles. The maximum Gasteiger partial charge on any atom is 0.262 e. The minimum Gasteiger partial charge on any atom is -0.497 e. The Morgan fingerprint density at radius 1 is 1.00 bits per heavy atom. The third-order valence-electron chi connectivity index (χ3n) is 6.33. The van der Waals surface area contributed by atoms with Gasteiger partial charge < -0.3 is 14.8 Å². The molecule has 1 N–H and O–H groups in total. The summed E-state index contributed by atoms with van der Waals surface area (Å²) >= 11 is 1.15. The number of thioether (sulfide) groups is 1. The fourth-order valence-corrected chi connectivity index (χ4v) is 5.35. The molecule has 2 heterocycles. The second-order valence-corrected chi connectivity index (χ2v) is 10.0. The van der Waals surface area contributed by atoms with E-state index in [4.69, 9.17) is 14.6 Å². The fourth-order valence-electron chi connectivity index (χ4n) is 4.29. The van der Waals surface area contributed by atoms with Crippen molar-refractivity contribution in [3.63, 3.8) is 0 Å². The zero-order valence-corrected chi connectivity index (χ0v) is 21.9. The number of carbonyl (C=O) groups excluding carboxylic acids is 2. The van der Waals surface area contributed by atoms with Gasteiger partial charge >= 0.3 is 0 Å².